The van der Waals surface area contributed by atoms with Gasteiger partial charge < -0.3 is 14.8 Å². The van der Waals surface area contributed by atoms with Gasteiger partial charge in [0, 0.05) is 16.5 Å². The lowest BCUT2D eigenvalue weighted by Gasteiger charge is -2.11. The average molecular weight is 327 g/mol. The van der Waals surface area contributed by atoms with E-state index in [4.69, 9.17) is 21.1 Å². The molecule has 0 unspecified atom stereocenters. The number of carbonyl (C=O) groups is 1. The van der Waals surface area contributed by atoms with Gasteiger partial charge in [-0.2, -0.15) is 0 Å². The summed E-state index contributed by atoms with van der Waals surface area (Å²) in [5.41, 5.74) is 1.94. The van der Waals surface area contributed by atoms with Gasteiger partial charge >= 0.3 is 5.97 Å². The molecule has 1 aromatic carbocycles. The third-order valence-electron chi connectivity index (χ3n) is 2.71. The highest BCUT2D eigenvalue weighted by molar-refractivity contribution is 7.14. The number of anilines is 2. The maximum absolute atomic E-state index is 11.6. The molecule has 112 valence electrons. The highest BCUT2D eigenvalue weighted by atomic mass is 35.5. The van der Waals surface area contributed by atoms with Crippen LogP contribution in [0.4, 0.5) is 10.8 Å². The van der Waals surface area contributed by atoms with Crippen LogP contribution in [0.25, 0.3) is 0 Å². The second-order valence-electron chi connectivity index (χ2n) is 4.19. The largest absolute Gasteiger partial charge is 0.495 e. The Bertz CT molecular complexity index is 658. The normalized spacial score (nSPS) is 10.3. The zero-order chi connectivity index (χ0) is 15.4. The monoisotopic (exact) mass is 326 g/mol. The van der Waals surface area contributed by atoms with E-state index in [2.05, 4.69) is 10.3 Å². The van der Waals surface area contributed by atoms with E-state index >= 15 is 0 Å². The number of rotatable bonds is 5. The van der Waals surface area contributed by atoms with E-state index in [1.165, 1.54) is 11.3 Å². The first-order valence-corrected chi connectivity index (χ1v) is 7.54. The number of benzene rings is 1. The van der Waals surface area contributed by atoms with Gasteiger partial charge in [-0.25, -0.2) is 9.78 Å². The Hall–Kier alpha value is -1.79. The lowest BCUT2D eigenvalue weighted by atomic mass is 10.2. The fraction of sp³-hybridized carbons (Fsp3) is 0.286. The Kier molecular flexibility index (Phi) is 5.03. The van der Waals surface area contributed by atoms with Crippen LogP contribution in [0.15, 0.2) is 17.5 Å². The van der Waals surface area contributed by atoms with Crippen molar-refractivity contribution in [3.63, 3.8) is 0 Å². The second-order valence-corrected chi connectivity index (χ2v) is 5.45. The number of ether oxygens (including phenoxy) is 2. The minimum Gasteiger partial charge on any atom is -0.495 e. The van der Waals surface area contributed by atoms with Crippen LogP contribution in [-0.4, -0.2) is 24.7 Å². The van der Waals surface area contributed by atoms with E-state index in [9.17, 15) is 4.79 Å². The molecule has 0 saturated heterocycles. The fourth-order valence-electron chi connectivity index (χ4n) is 1.67. The van der Waals surface area contributed by atoms with Crippen LogP contribution in [0.1, 0.15) is 23.0 Å². The van der Waals surface area contributed by atoms with Gasteiger partial charge in [-0.1, -0.05) is 11.6 Å². The summed E-state index contributed by atoms with van der Waals surface area (Å²) >= 11 is 7.38. The molecule has 0 fully saturated rings. The van der Waals surface area contributed by atoms with Gasteiger partial charge in [0.25, 0.3) is 0 Å². The number of halogens is 1. The Morgan fingerprint density at radius 1 is 1.48 bits per heavy atom. The zero-order valence-corrected chi connectivity index (χ0v) is 13.5. The van der Waals surface area contributed by atoms with Gasteiger partial charge in [-0.3, -0.25) is 0 Å². The van der Waals surface area contributed by atoms with E-state index in [0.29, 0.717) is 22.5 Å². The lowest BCUT2D eigenvalue weighted by molar-refractivity contribution is 0.0520. The Labute approximate surface area is 131 Å². The third kappa shape index (κ3) is 3.65. The smallest absolute Gasteiger partial charge is 0.357 e. The second kappa shape index (κ2) is 6.78. The van der Waals surface area contributed by atoms with Crippen molar-refractivity contribution >= 4 is 39.7 Å². The maximum Gasteiger partial charge on any atom is 0.357 e. The number of nitrogens with one attached hydrogen (secondary N) is 1. The molecule has 0 atom stereocenters. The number of esters is 1. The van der Waals surface area contributed by atoms with E-state index in [1.807, 2.05) is 13.0 Å². The first-order chi connectivity index (χ1) is 10.0. The van der Waals surface area contributed by atoms with Crippen LogP contribution in [-0.2, 0) is 4.74 Å². The molecule has 0 saturated carbocycles. The molecular weight excluding hydrogens is 312 g/mol. The van der Waals surface area contributed by atoms with E-state index in [1.54, 1.807) is 25.5 Å². The molecule has 2 aromatic rings. The van der Waals surface area contributed by atoms with Gasteiger partial charge in [-0.15, -0.1) is 11.3 Å². The van der Waals surface area contributed by atoms with Crippen LogP contribution >= 0.6 is 22.9 Å². The van der Waals surface area contributed by atoms with Crippen molar-refractivity contribution in [1.29, 1.82) is 0 Å². The maximum atomic E-state index is 11.6. The van der Waals surface area contributed by atoms with Gasteiger partial charge in [-0.05, 0) is 25.5 Å². The Morgan fingerprint density at radius 3 is 2.90 bits per heavy atom. The van der Waals surface area contributed by atoms with Crippen molar-refractivity contribution in [2.45, 2.75) is 13.8 Å². The van der Waals surface area contributed by atoms with Crippen LogP contribution in [0.2, 0.25) is 5.02 Å². The minimum atomic E-state index is -0.430. The standard InChI is InChI=1S/C14H15ClN2O3S/c1-4-20-13(18)11-7-21-14(17-11)16-10-5-8(2)9(15)6-12(10)19-3/h5-7H,4H2,1-3H3,(H,16,17). The SMILES string of the molecule is CCOC(=O)c1csc(Nc2cc(C)c(Cl)cc2OC)n1. The zero-order valence-electron chi connectivity index (χ0n) is 11.9. The summed E-state index contributed by atoms with van der Waals surface area (Å²) in [6, 6.07) is 3.60. The van der Waals surface area contributed by atoms with E-state index in [-0.39, 0.29) is 5.69 Å². The number of nitrogens with zero attached hydrogens (tertiary/aromatic N) is 1. The molecule has 2 rings (SSSR count). The van der Waals surface area contributed by atoms with Gasteiger partial charge in [0.15, 0.2) is 10.8 Å². The molecule has 0 aliphatic carbocycles. The molecule has 0 aliphatic rings. The Balaban J connectivity index is 2.22. The quantitative estimate of drug-likeness (QED) is 0.840. The number of hydrogen-bond donors (Lipinski definition) is 1. The van der Waals surface area contributed by atoms with Crippen molar-refractivity contribution in [3.8, 4) is 5.75 Å². The molecular formula is C14H15ClN2O3S. The highest BCUT2D eigenvalue weighted by Gasteiger charge is 2.13. The molecule has 21 heavy (non-hydrogen) atoms. The number of methoxy groups -OCH3 is 1. The van der Waals surface area contributed by atoms with Crippen LogP contribution in [0, 0.1) is 6.92 Å². The first-order valence-electron chi connectivity index (χ1n) is 6.29. The van der Waals surface area contributed by atoms with Crippen molar-refractivity contribution < 1.29 is 14.3 Å². The predicted octanol–water partition coefficient (Wildman–Crippen LogP) is 4.03. The van der Waals surface area contributed by atoms with Crippen molar-refractivity contribution in [1.82, 2.24) is 4.98 Å². The number of thiazole rings is 1. The molecule has 0 aliphatic heterocycles. The third-order valence-corrected chi connectivity index (χ3v) is 3.88. The summed E-state index contributed by atoms with van der Waals surface area (Å²) in [7, 11) is 1.57. The molecule has 0 spiro atoms. The van der Waals surface area contributed by atoms with Gasteiger partial charge in [0.1, 0.15) is 5.75 Å². The molecule has 5 nitrogen and oxygen atoms in total. The summed E-state index contributed by atoms with van der Waals surface area (Å²) in [6.45, 7) is 3.98. The van der Waals surface area contributed by atoms with Gasteiger partial charge in [0.2, 0.25) is 0 Å². The summed E-state index contributed by atoms with van der Waals surface area (Å²) in [5.74, 6) is 0.180. The molecule has 1 aromatic heterocycles. The number of aromatic nitrogens is 1. The van der Waals surface area contributed by atoms with Crippen molar-refractivity contribution in [2.75, 3.05) is 19.0 Å². The number of hydrogen-bond acceptors (Lipinski definition) is 6. The molecule has 0 bridgehead atoms. The summed E-state index contributed by atoms with van der Waals surface area (Å²) < 4.78 is 10.2. The molecule has 7 heteroatoms. The molecule has 1 heterocycles. The highest BCUT2D eigenvalue weighted by Crippen LogP contribution is 2.33. The minimum absolute atomic E-state index is 0.286. The van der Waals surface area contributed by atoms with Crippen LogP contribution in [0.3, 0.4) is 0 Å². The Morgan fingerprint density at radius 2 is 2.24 bits per heavy atom. The average Bonchev–Trinajstić information content (AvgIpc) is 2.91. The van der Waals surface area contributed by atoms with Crippen LogP contribution in [0.5, 0.6) is 5.75 Å². The number of aryl methyl sites for hydroxylation is 1. The summed E-state index contributed by atoms with van der Waals surface area (Å²) in [5, 5.41) is 5.98. The van der Waals surface area contributed by atoms with E-state index < -0.39 is 5.97 Å². The fourth-order valence-corrected chi connectivity index (χ4v) is 2.52. The molecule has 0 radical (unpaired) electrons. The molecule has 0 amide bonds. The van der Waals surface area contributed by atoms with Crippen molar-refractivity contribution in [2.24, 2.45) is 0 Å². The first kappa shape index (κ1) is 15.6. The topological polar surface area (TPSA) is 60.5 Å². The lowest BCUT2D eigenvalue weighted by Crippen LogP contribution is -2.05. The summed E-state index contributed by atoms with van der Waals surface area (Å²) in [6.07, 6.45) is 0. The van der Waals surface area contributed by atoms with Gasteiger partial charge in [0.05, 0.1) is 19.4 Å². The number of carbonyl (C=O) groups excluding carboxylic acids is 1. The summed E-state index contributed by atoms with van der Waals surface area (Å²) in [4.78, 5) is 15.8. The predicted molar refractivity (Wildman–Crippen MR) is 84.1 cm³/mol. The van der Waals surface area contributed by atoms with Crippen molar-refractivity contribution in [3.05, 3.63) is 33.8 Å². The van der Waals surface area contributed by atoms with Crippen LogP contribution < -0.4 is 10.1 Å². The van der Waals surface area contributed by atoms with E-state index in [0.717, 1.165) is 11.3 Å². The molecule has 1 N–H and O–H groups in total.